The Hall–Kier alpha value is -1.15. The van der Waals surface area contributed by atoms with Gasteiger partial charge in [-0.05, 0) is 44.7 Å². The van der Waals surface area contributed by atoms with Crippen LogP contribution in [0.2, 0.25) is 0 Å². The molecule has 20 heavy (non-hydrogen) atoms. The zero-order valence-corrected chi connectivity index (χ0v) is 12.5. The van der Waals surface area contributed by atoms with Crippen LogP contribution >= 0.6 is 0 Å². The minimum Gasteiger partial charge on any atom is -0.378 e. The van der Waals surface area contributed by atoms with Gasteiger partial charge in [0.2, 0.25) is 10.0 Å². The first-order valence-electron chi connectivity index (χ1n) is 6.65. The van der Waals surface area contributed by atoms with Gasteiger partial charge in [0.1, 0.15) is 0 Å². The van der Waals surface area contributed by atoms with Crippen molar-refractivity contribution in [3.05, 3.63) is 24.3 Å². The van der Waals surface area contributed by atoms with Crippen molar-refractivity contribution in [2.45, 2.75) is 36.4 Å². The molecule has 0 spiro atoms. The molecule has 0 bridgehead atoms. The van der Waals surface area contributed by atoms with Gasteiger partial charge in [0, 0.05) is 18.3 Å². The van der Waals surface area contributed by atoms with Crippen LogP contribution in [0, 0.1) is 0 Å². The summed E-state index contributed by atoms with van der Waals surface area (Å²) in [6.07, 6.45) is 0.966. The average molecular weight is 299 g/mol. The van der Waals surface area contributed by atoms with Crippen LogP contribution in [0.15, 0.2) is 29.2 Å². The molecular weight excluding hydrogens is 278 g/mol. The van der Waals surface area contributed by atoms with Crippen LogP contribution in [0.25, 0.3) is 0 Å². The third-order valence-electron chi connectivity index (χ3n) is 3.51. The molecule has 7 heteroatoms. The van der Waals surface area contributed by atoms with Gasteiger partial charge in [-0.3, -0.25) is 0 Å². The number of anilines is 1. The largest absolute Gasteiger partial charge is 0.378 e. The smallest absolute Gasteiger partial charge is 0.240 e. The van der Waals surface area contributed by atoms with Gasteiger partial charge >= 0.3 is 0 Å². The van der Waals surface area contributed by atoms with Crippen LogP contribution in [-0.4, -0.2) is 40.3 Å². The lowest BCUT2D eigenvalue weighted by Gasteiger charge is -2.43. The van der Waals surface area contributed by atoms with E-state index < -0.39 is 10.0 Å². The maximum absolute atomic E-state index is 11.6. The first kappa shape index (κ1) is 15.2. The van der Waals surface area contributed by atoms with Crippen molar-refractivity contribution >= 4 is 15.7 Å². The van der Waals surface area contributed by atoms with Gasteiger partial charge in [0.05, 0.1) is 17.0 Å². The molecule has 4 N–H and O–H groups in total. The second kappa shape index (κ2) is 6.09. The van der Waals surface area contributed by atoms with E-state index >= 15 is 0 Å². The minimum absolute atomic E-state index is 0.0623. The molecule has 1 aromatic rings. The van der Waals surface area contributed by atoms with Crippen molar-refractivity contribution in [1.29, 1.82) is 0 Å². The monoisotopic (exact) mass is 299 g/mol. The van der Waals surface area contributed by atoms with Crippen molar-refractivity contribution in [3.63, 3.8) is 0 Å². The maximum atomic E-state index is 11.6. The summed E-state index contributed by atoms with van der Waals surface area (Å²) in [5, 5.41) is 3.29. The van der Waals surface area contributed by atoms with E-state index in [1.807, 2.05) is 6.92 Å². The van der Waals surface area contributed by atoms with E-state index in [-0.39, 0.29) is 23.1 Å². The number of benzene rings is 1. The number of nitrogens with two attached hydrogens (primary N) is 1. The highest BCUT2D eigenvalue weighted by Crippen LogP contribution is 2.26. The topological polar surface area (TPSA) is 93.4 Å². The molecule has 1 aromatic carbocycles. The molecule has 1 fully saturated rings. The quantitative estimate of drug-likeness (QED) is 0.712. The second-order valence-electron chi connectivity index (χ2n) is 4.80. The van der Waals surface area contributed by atoms with Crippen molar-refractivity contribution in [2.24, 2.45) is 5.73 Å². The molecule has 1 aliphatic carbocycles. The summed E-state index contributed by atoms with van der Waals surface area (Å²) in [6, 6.07) is 6.73. The van der Waals surface area contributed by atoms with Crippen molar-refractivity contribution in [1.82, 2.24) is 4.72 Å². The summed E-state index contributed by atoms with van der Waals surface area (Å²) in [5.41, 5.74) is 6.80. The minimum atomic E-state index is -3.39. The number of ether oxygens (including phenoxy) is 1. The highest BCUT2D eigenvalue weighted by molar-refractivity contribution is 7.89. The van der Waals surface area contributed by atoms with E-state index in [4.69, 9.17) is 10.5 Å². The fourth-order valence-corrected chi connectivity index (χ4v) is 3.00. The highest BCUT2D eigenvalue weighted by atomic mass is 32.2. The number of hydrogen-bond acceptors (Lipinski definition) is 5. The van der Waals surface area contributed by atoms with E-state index in [1.54, 1.807) is 24.3 Å². The zero-order chi connectivity index (χ0) is 14.8. The molecule has 0 saturated heterocycles. The molecule has 1 saturated carbocycles. The molecule has 0 radical (unpaired) electrons. The first-order chi connectivity index (χ1) is 9.47. The third-order valence-corrected chi connectivity index (χ3v) is 4.94. The van der Waals surface area contributed by atoms with Gasteiger partial charge in [-0.15, -0.1) is 0 Å². The lowest BCUT2D eigenvalue weighted by Crippen LogP contribution is -2.60. The Kier molecular flexibility index (Phi) is 4.64. The van der Waals surface area contributed by atoms with Crippen LogP contribution in [0.3, 0.4) is 0 Å². The molecule has 3 unspecified atom stereocenters. The second-order valence-corrected chi connectivity index (χ2v) is 6.68. The number of hydrogen-bond donors (Lipinski definition) is 3. The summed E-state index contributed by atoms with van der Waals surface area (Å²) < 4.78 is 31.1. The molecule has 112 valence electrons. The van der Waals surface area contributed by atoms with Gasteiger partial charge in [0.25, 0.3) is 0 Å². The fourth-order valence-electron chi connectivity index (χ4n) is 2.27. The summed E-state index contributed by atoms with van der Waals surface area (Å²) in [5.74, 6) is 0. The van der Waals surface area contributed by atoms with Gasteiger partial charge in [0.15, 0.2) is 0 Å². The van der Waals surface area contributed by atoms with Crippen LogP contribution in [0.4, 0.5) is 5.69 Å². The summed E-state index contributed by atoms with van der Waals surface area (Å²) in [4.78, 5) is 0.241. The Morgan fingerprint density at radius 2 is 2.00 bits per heavy atom. The van der Waals surface area contributed by atoms with Crippen molar-refractivity contribution < 1.29 is 13.2 Å². The maximum Gasteiger partial charge on any atom is 0.240 e. The van der Waals surface area contributed by atoms with E-state index in [2.05, 4.69) is 10.0 Å². The third kappa shape index (κ3) is 3.12. The lowest BCUT2D eigenvalue weighted by molar-refractivity contribution is -0.0126. The molecular formula is C13H21N3O3S. The van der Waals surface area contributed by atoms with Crippen LogP contribution in [0.1, 0.15) is 13.3 Å². The number of rotatable bonds is 6. The molecule has 0 aliphatic heterocycles. The molecule has 2 rings (SSSR count). The summed E-state index contributed by atoms with van der Waals surface area (Å²) in [6.45, 7) is 2.62. The fraction of sp³-hybridized carbons (Fsp3) is 0.538. The molecule has 0 aromatic heterocycles. The Morgan fingerprint density at radius 1 is 1.35 bits per heavy atom. The van der Waals surface area contributed by atoms with Crippen molar-refractivity contribution in [2.75, 3.05) is 19.0 Å². The summed E-state index contributed by atoms with van der Waals surface area (Å²) in [7, 11) is -2.00. The van der Waals surface area contributed by atoms with Gasteiger partial charge in [-0.25, -0.2) is 13.1 Å². The van der Waals surface area contributed by atoms with Gasteiger partial charge in [-0.1, -0.05) is 0 Å². The molecule has 1 aliphatic rings. The Bertz CT molecular complexity index is 542. The van der Waals surface area contributed by atoms with Crippen molar-refractivity contribution in [3.8, 4) is 0 Å². The predicted octanol–water partition coefficient (Wildman–Crippen LogP) is 0.511. The normalized spacial score (nSPS) is 26.1. The van der Waals surface area contributed by atoms with E-state index in [0.29, 0.717) is 6.61 Å². The van der Waals surface area contributed by atoms with E-state index in [1.165, 1.54) is 7.05 Å². The Labute approximate surface area is 119 Å². The van der Waals surface area contributed by atoms with Gasteiger partial charge in [-0.2, -0.15) is 0 Å². The van der Waals surface area contributed by atoms with Crippen LogP contribution < -0.4 is 15.8 Å². The molecule has 6 nitrogen and oxygen atoms in total. The van der Waals surface area contributed by atoms with E-state index in [0.717, 1.165) is 12.1 Å². The van der Waals surface area contributed by atoms with Gasteiger partial charge < -0.3 is 15.8 Å². The standard InChI is InChI=1S/C13H21N3O3S/c1-3-19-12-8-11(14)13(12)16-9-4-6-10(7-5-9)20(17,18)15-2/h4-7,11-13,15-16H,3,8,14H2,1-2H3. The molecule has 3 atom stereocenters. The average Bonchev–Trinajstić information content (AvgIpc) is 2.45. The predicted molar refractivity (Wildman–Crippen MR) is 78.1 cm³/mol. The first-order valence-corrected chi connectivity index (χ1v) is 8.13. The Morgan fingerprint density at radius 3 is 2.50 bits per heavy atom. The molecule has 0 amide bonds. The lowest BCUT2D eigenvalue weighted by atomic mass is 9.83. The number of sulfonamides is 1. The SMILES string of the molecule is CCOC1CC(N)C1Nc1ccc(S(=O)(=O)NC)cc1. The van der Waals surface area contributed by atoms with E-state index in [9.17, 15) is 8.42 Å². The van der Waals surface area contributed by atoms with Crippen LogP contribution in [-0.2, 0) is 14.8 Å². The zero-order valence-electron chi connectivity index (χ0n) is 11.7. The Balaban J connectivity index is 2.04. The summed E-state index contributed by atoms with van der Waals surface area (Å²) >= 11 is 0. The highest BCUT2D eigenvalue weighted by Gasteiger charge is 2.39. The number of nitrogens with one attached hydrogen (secondary N) is 2. The molecule has 0 heterocycles. The van der Waals surface area contributed by atoms with Crippen LogP contribution in [0.5, 0.6) is 0 Å².